The molecule has 7 heteroatoms. The number of piperidine rings is 1. The lowest BCUT2D eigenvalue weighted by Crippen LogP contribution is -2.44. The number of nitrogens with zero attached hydrogens (tertiary/aromatic N) is 1. The van der Waals surface area contributed by atoms with Gasteiger partial charge in [0.15, 0.2) is 0 Å². The fraction of sp³-hybridized carbons (Fsp3) is 0.500. The molecule has 1 atom stereocenters. The van der Waals surface area contributed by atoms with E-state index in [1.165, 1.54) is 12.0 Å². The van der Waals surface area contributed by atoms with E-state index in [2.05, 4.69) is 15.9 Å². The Hall–Kier alpha value is -1.24. The molecule has 1 aliphatic rings. The molecule has 0 N–H and O–H groups in total. The van der Waals surface area contributed by atoms with Crippen LogP contribution in [0.15, 0.2) is 22.7 Å². The third kappa shape index (κ3) is 3.51. The summed E-state index contributed by atoms with van der Waals surface area (Å²) in [5, 5.41) is 0. The van der Waals surface area contributed by atoms with Crippen molar-refractivity contribution < 1.29 is 22.7 Å². The zero-order valence-corrected chi connectivity index (χ0v) is 13.0. The highest BCUT2D eigenvalue weighted by molar-refractivity contribution is 9.10. The highest BCUT2D eigenvalue weighted by Crippen LogP contribution is 2.35. The molecule has 1 aromatic rings. The van der Waals surface area contributed by atoms with Crippen molar-refractivity contribution in [3.05, 3.63) is 28.2 Å². The van der Waals surface area contributed by atoms with Crippen LogP contribution in [0.2, 0.25) is 0 Å². The molecule has 0 aromatic heterocycles. The number of methoxy groups -OCH3 is 1. The van der Waals surface area contributed by atoms with Crippen LogP contribution in [0.5, 0.6) is 5.75 Å². The van der Waals surface area contributed by atoms with E-state index in [1.807, 2.05) is 0 Å². The number of rotatable bonds is 2. The smallest absolute Gasteiger partial charge is 0.393 e. The fourth-order valence-corrected chi connectivity index (χ4v) is 3.03. The van der Waals surface area contributed by atoms with Crippen LogP contribution in [0.4, 0.5) is 13.2 Å². The number of benzene rings is 1. The Bertz CT molecular complexity index is 533. The first-order chi connectivity index (χ1) is 9.84. The number of hydrogen-bond acceptors (Lipinski definition) is 2. The van der Waals surface area contributed by atoms with Crippen molar-refractivity contribution in [2.24, 2.45) is 5.92 Å². The fourth-order valence-electron chi connectivity index (χ4n) is 2.43. The minimum Gasteiger partial charge on any atom is -0.496 e. The third-order valence-electron chi connectivity index (χ3n) is 3.59. The highest BCUT2D eigenvalue weighted by Gasteiger charge is 2.42. The van der Waals surface area contributed by atoms with Gasteiger partial charge in [0, 0.05) is 13.1 Å². The van der Waals surface area contributed by atoms with Crippen molar-refractivity contribution in [3.63, 3.8) is 0 Å². The van der Waals surface area contributed by atoms with Gasteiger partial charge < -0.3 is 9.64 Å². The van der Waals surface area contributed by atoms with Gasteiger partial charge in [0.25, 0.3) is 5.91 Å². The molecule has 1 heterocycles. The van der Waals surface area contributed by atoms with Crippen LogP contribution in [0.3, 0.4) is 0 Å². The van der Waals surface area contributed by atoms with E-state index in [4.69, 9.17) is 4.74 Å². The molecular weight excluding hydrogens is 351 g/mol. The normalized spacial score (nSPS) is 19.5. The number of hydrogen-bond donors (Lipinski definition) is 0. The summed E-state index contributed by atoms with van der Waals surface area (Å²) in [5.41, 5.74) is 0.317. The summed E-state index contributed by atoms with van der Waals surface area (Å²) < 4.78 is 44.0. The van der Waals surface area contributed by atoms with Crippen molar-refractivity contribution in [1.29, 1.82) is 0 Å². The third-order valence-corrected chi connectivity index (χ3v) is 4.40. The molecule has 1 unspecified atom stereocenters. The number of halogens is 4. The second kappa shape index (κ2) is 6.25. The van der Waals surface area contributed by atoms with Crippen LogP contribution in [-0.2, 0) is 0 Å². The van der Waals surface area contributed by atoms with Gasteiger partial charge in [-0.25, -0.2) is 0 Å². The predicted molar refractivity (Wildman–Crippen MR) is 75.4 cm³/mol. The van der Waals surface area contributed by atoms with Crippen molar-refractivity contribution in [2.75, 3.05) is 20.2 Å². The molecule has 116 valence electrons. The lowest BCUT2D eigenvalue weighted by Gasteiger charge is -2.34. The Morgan fingerprint density at radius 3 is 2.76 bits per heavy atom. The van der Waals surface area contributed by atoms with E-state index in [1.54, 1.807) is 18.2 Å². The van der Waals surface area contributed by atoms with Gasteiger partial charge in [-0.3, -0.25) is 4.79 Å². The van der Waals surface area contributed by atoms with Crippen LogP contribution >= 0.6 is 15.9 Å². The van der Waals surface area contributed by atoms with Gasteiger partial charge in [0.05, 0.1) is 23.1 Å². The summed E-state index contributed by atoms with van der Waals surface area (Å²) >= 11 is 3.27. The second-order valence-electron chi connectivity index (χ2n) is 4.95. The molecule has 0 spiro atoms. The molecule has 21 heavy (non-hydrogen) atoms. The van der Waals surface area contributed by atoms with Gasteiger partial charge in [0.2, 0.25) is 0 Å². The molecule has 0 radical (unpaired) electrons. The topological polar surface area (TPSA) is 29.5 Å². The average Bonchev–Trinajstić information content (AvgIpc) is 2.46. The standard InChI is InChI=1S/C14H15BrF3NO2/c1-21-11-6-2-5-10(12(11)15)13(20)19-7-3-4-9(8-19)14(16,17)18/h2,5-6,9H,3-4,7-8H2,1H3. The SMILES string of the molecule is COc1cccc(C(=O)N2CCCC(C(F)(F)F)C2)c1Br. The number of likely N-dealkylation sites (tertiary alicyclic amines) is 1. The number of ether oxygens (including phenoxy) is 1. The van der Waals surface area contributed by atoms with Gasteiger partial charge in [-0.1, -0.05) is 6.07 Å². The first-order valence-electron chi connectivity index (χ1n) is 6.53. The molecule has 3 nitrogen and oxygen atoms in total. The van der Waals surface area contributed by atoms with E-state index in [0.717, 1.165) is 0 Å². The molecule has 0 aliphatic carbocycles. The van der Waals surface area contributed by atoms with Crippen LogP contribution in [-0.4, -0.2) is 37.2 Å². The Labute approximate surface area is 129 Å². The summed E-state index contributed by atoms with van der Waals surface area (Å²) in [5.74, 6) is -1.38. The molecular formula is C14H15BrF3NO2. The minimum atomic E-state index is -4.26. The summed E-state index contributed by atoms with van der Waals surface area (Å²) in [7, 11) is 1.47. The Morgan fingerprint density at radius 1 is 1.43 bits per heavy atom. The Balaban J connectivity index is 2.20. The number of carbonyl (C=O) groups is 1. The predicted octanol–water partition coefficient (Wildman–Crippen LogP) is 3.87. The maximum Gasteiger partial charge on any atom is 0.393 e. The van der Waals surface area contributed by atoms with Crippen LogP contribution < -0.4 is 4.74 Å². The zero-order chi connectivity index (χ0) is 15.6. The van der Waals surface area contributed by atoms with Gasteiger partial charge in [-0.2, -0.15) is 13.2 Å². The number of amides is 1. The van der Waals surface area contributed by atoms with Crippen molar-refractivity contribution in [3.8, 4) is 5.75 Å². The highest BCUT2D eigenvalue weighted by atomic mass is 79.9. The van der Waals surface area contributed by atoms with Gasteiger partial charge in [0.1, 0.15) is 5.75 Å². The number of carbonyl (C=O) groups excluding carboxylic acids is 1. The Kier molecular flexibility index (Phi) is 4.81. The molecule has 1 aliphatic heterocycles. The molecule has 0 bridgehead atoms. The molecule has 1 amide bonds. The monoisotopic (exact) mass is 365 g/mol. The van der Waals surface area contributed by atoms with Gasteiger partial charge in [-0.05, 0) is 40.9 Å². The van der Waals surface area contributed by atoms with Crippen LogP contribution in [0, 0.1) is 5.92 Å². The van der Waals surface area contributed by atoms with Crippen molar-refractivity contribution >= 4 is 21.8 Å². The van der Waals surface area contributed by atoms with E-state index < -0.39 is 18.0 Å². The molecule has 1 fully saturated rings. The quantitative estimate of drug-likeness (QED) is 0.795. The first kappa shape index (κ1) is 16.1. The van der Waals surface area contributed by atoms with Crippen molar-refractivity contribution in [2.45, 2.75) is 19.0 Å². The minimum absolute atomic E-state index is 0.0760. The first-order valence-corrected chi connectivity index (χ1v) is 7.32. The largest absolute Gasteiger partial charge is 0.496 e. The van der Waals surface area contributed by atoms with E-state index >= 15 is 0 Å². The molecule has 1 saturated heterocycles. The average molecular weight is 366 g/mol. The second-order valence-corrected chi connectivity index (χ2v) is 5.75. The molecule has 1 aromatic carbocycles. The van der Waals surface area contributed by atoms with Crippen molar-refractivity contribution in [1.82, 2.24) is 4.90 Å². The van der Waals surface area contributed by atoms with E-state index in [-0.39, 0.29) is 13.0 Å². The lowest BCUT2D eigenvalue weighted by molar-refractivity contribution is -0.184. The maximum absolute atomic E-state index is 12.8. The molecule has 0 saturated carbocycles. The summed E-state index contributed by atoms with van der Waals surface area (Å²) in [6, 6.07) is 4.89. The Morgan fingerprint density at radius 2 is 2.14 bits per heavy atom. The van der Waals surface area contributed by atoms with Crippen LogP contribution in [0.25, 0.3) is 0 Å². The van der Waals surface area contributed by atoms with Crippen LogP contribution in [0.1, 0.15) is 23.2 Å². The number of alkyl halides is 3. The zero-order valence-electron chi connectivity index (χ0n) is 11.4. The summed E-state index contributed by atoms with van der Waals surface area (Å²) in [4.78, 5) is 13.7. The molecule has 2 rings (SSSR count). The maximum atomic E-state index is 12.8. The van der Waals surface area contributed by atoms with Gasteiger partial charge >= 0.3 is 6.18 Å². The lowest BCUT2D eigenvalue weighted by atomic mass is 9.97. The van der Waals surface area contributed by atoms with E-state index in [0.29, 0.717) is 28.8 Å². The van der Waals surface area contributed by atoms with Gasteiger partial charge in [-0.15, -0.1) is 0 Å². The van der Waals surface area contributed by atoms with E-state index in [9.17, 15) is 18.0 Å². The summed E-state index contributed by atoms with van der Waals surface area (Å²) in [6.45, 7) is 0.0566. The summed E-state index contributed by atoms with van der Waals surface area (Å²) in [6.07, 6.45) is -3.82.